The van der Waals surface area contributed by atoms with Gasteiger partial charge in [0, 0.05) is 48.5 Å². The van der Waals surface area contributed by atoms with Gasteiger partial charge in [-0.2, -0.15) is 0 Å². The van der Waals surface area contributed by atoms with E-state index in [9.17, 15) is 0 Å². The van der Waals surface area contributed by atoms with Gasteiger partial charge < -0.3 is 0 Å². The number of hydrogen-bond acceptors (Lipinski definition) is 0. The summed E-state index contributed by atoms with van der Waals surface area (Å²) in [7, 11) is 0. The van der Waals surface area contributed by atoms with Gasteiger partial charge in [-0.25, -0.2) is 0 Å². The zero-order valence-electron chi connectivity index (χ0n) is 21.4. The Labute approximate surface area is 227 Å². The normalized spacial score (nSPS) is 11.6. The summed E-state index contributed by atoms with van der Waals surface area (Å²) < 4.78 is 0. The number of fused-ring (bicyclic) bond motifs is 5. The second-order valence-electron chi connectivity index (χ2n) is 10.3. The van der Waals surface area contributed by atoms with Crippen LogP contribution in [0.25, 0.3) is 53.9 Å². The van der Waals surface area contributed by atoms with Crippen LogP contribution < -0.4 is 0 Å². The van der Waals surface area contributed by atoms with E-state index in [1.807, 2.05) is 0 Å². The van der Waals surface area contributed by atoms with Crippen LogP contribution in [0.2, 0.25) is 0 Å². The van der Waals surface area contributed by atoms with Crippen LogP contribution in [0, 0.1) is 5.92 Å². The highest BCUT2D eigenvalue weighted by Crippen LogP contribution is 2.45. The van der Waals surface area contributed by atoms with Crippen LogP contribution in [-0.4, -0.2) is 0 Å². The van der Waals surface area contributed by atoms with Crippen molar-refractivity contribution in [2.75, 3.05) is 0 Å². The topological polar surface area (TPSA) is 0 Å². The molecule has 0 spiro atoms. The Kier molecular flexibility index (Phi) is 4.93. The van der Waals surface area contributed by atoms with Crippen molar-refractivity contribution in [2.45, 2.75) is 0 Å². The summed E-state index contributed by atoms with van der Waals surface area (Å²) in [4.78, 5) is 0. The van der Waals surface area contributed by atoms with Crippen molar-refractivity contribution in [2.24, 2.45) is 0 Å². The quantitative estimate of drug-likeness (QED) is 0.130. The molecule has 0 aliphatic carbocycles. The first-order valence-electron chi connectivity index (χ1n) is 13.5. The van der Waals surface area contributed by atoms with E-state index in [1.54, 1.807) is 0 Å². The zero-order valence-corrected chi connectivity index (χ0v) is 21.4. The van der Waals surface area contributed by atoms with Gasteiger partial charge in [0.25, 0.3) is 0 Å². The van der Waals surface area contributed by atoms with E-state index in [0.717, 1.165) is 0 Å². The van der Waals surface area contributed by atoms with E-state index < -0.39 is 0 Å². The first-order chi connectivity index (χ1) is 19.3. The summed E-state index contributed by atoms with van der Waals surface area (Å²) in [5.74, 6) is 1.28. The summed E-state index contributed by atoms with van der Waals surface area (Å²) >= 11 is 0. The molecule has 0 saturated heterocycles. The Morgan fingerprint density at radius 3 is 1.08 bits per heavy atom. The van der Waals surface area contributed by atoms with E-state index in [1.165, 1.54) is 76.5 Å². The second kappa shape index (κ2) is 8.75. The maximum absolute atomic E-state index is 2.37. The summed E-state index contributed by atoms with van der Waals surface area (Å²) in [5, 5.41) is 12.6. The fourth-order valence-electron chi connectivity index (χ4n) is 6.32. The highest BCUT2D eigenvalue weighted by Gasteiger charge is 2.31. The minimum atomic E-state index is 1.23. The lowest BCUT2D eigenvalue weighted by atomic mass is 9.76. The molecule has 0 N–H and O–H groups in total. The maximum Gasteiger partial charge on any atom is 0.0697 e. The second-order valence-corrected chi connectivity index (χ2v) is 10.3. The van der Waals surface area contributed by atoms with E-state index in [2.05, 4.69) is 152 Å². The van der Waals surface area contributed by atoms with Gasteiger partial charge in [0.05, 0.1) is 22.6 Å². The molecule has 0 radical (unpaired) electrons. The number of hydrogen-bond donors (Lipinski definition) is 0. The molecule has 0 heterocycles. The van der Waals surface area contributed by atoms with Gasteiger partial charge in [0.1, 0.15) is 0 Å². The summed E-state index contributed by atoms with van der Waals surface area (Å²) in [6, 6.07) is 55.6. The first kappa shape index (κ1) is 22.0. The third kappa shape index (κ3) is 3.50. The molecule has 0 aliphatic heterocycles. The summed E-state index contributed by atoms with van der Waals surface area (Å²) in [5.41, 5.74) is 3.82. The van der Waals surface area contributed by atoms with Crippen molar-refractivity contribution in [1.82, 2.24) is 0 Å². The van der Waals surface area contributed by atoms with Crippen LogP contribution >= 0.6 is 0 Å². The largest absolute Gasteiger partial charge is 0.0697 e. The van der Waals surface area contributed by atoms with Crippen LogP contribution in [-0.2, 0) is 0 Å². The van der Waals surface area contributed by atoms with Gasteiger partial charge >= 0.3 is 0 Å². The van der Waals surface area contributed by atoms with Crippen LogP contribution in [0.5, 0.6) is 0 Å². The van der Waals surface area contributed by atoms with Crippen LogP contribution in [0.3, 0.4) is 0 Å². The predicted molar refractivity (Wildman–Crippen MR) is 167 cm³/mol. The van der Waals surface area contributed by atoms with Crippen LogP contribution in [0.1, 0.15) is 16.7 Å². The van der Waals surface area contributed by atoms with Gasteiger partial charge in [-0.05, 0) is 90.3 Å². The van der Waals surface area contributed by atoms with Crippen LogP contribution in [0.4, 0.5) is 0 Å². The molecule has 0 nitrogen and oxygen atoms in total. The van der Waals surface area contributed by atoms with Crippen molar-refractivity contribution in [3.63, 3.8) is 0 Å². The lowest BCUT2D eigenvalue weighted by Crippen LogP contribution is -2.08. The Hall–Kier alpha value is -5.07. The average Bonchev–Trinajstić information content (AvgIpc) is 3.00. The van der Waals surface area contributed by atoms with E-state index in [4.69, 9.17) is 0 Å². The summed E-state index contributed by atoms with van der Waals surface area (Å²) in [6.45, 7) is 0. The van der Waals surface area contributed by atoms with Crippen molar-refractivity contribution in [1.29, 1.82) is 0 Å². The summed E-state index contributed by atoms with van der Waals surface area (Å²) in [6.07, 6.45) is 0. The Morgan fingerprint density at radius 1 is 0.282 bits per heavy atom. The monoisotopic (exact) mass is 493 g/mol. The molecule has 180 valence electrons. The molecule has 8 aromatic rings. The van der Waals surface area contributed by atoms with Gasteiger partial charge in [0.15, 0.2) is 0 Å². The third-order valence-electron chi connectivity index (χ3n) is 8.08. The molecule has 0 fully saturated rings. The first-order valence-corrected chi connectivity index (χ1v) is 13.5. The minimum absolute atomic E-state index is 1.23. The Bertz CT molecular complexity index is 1960. The average molecular weight is 494 g/mol. The van der Waals surface area contributed by atoms with Gasteiger partial charge in [-0.3, -0.25) is 0 Å². The van der Waals surface area contributed by atoms with Gasteiger partial charge in [0.2, 0.25) is 0 Å². The van der Waals surface area contributed by atoms with Gasteiger partial charge in [-0.15, -0.1) is 0 Å². The molecule has 0 heteroatoms. The molecule has 0 amide bonds. The fourth-order valence-corrected chi connectivity index (χ4v) is 6.32. The van der Waals surface area contributed by atoms with Crippen molar-refractivity contribution in [3.8, 4) is 0 Å². The number of benzene rings is 8. The Morgan fingerprint density at radius 2 is 0.641 bits per heavy atom. The molecule has 0 saturated carbocycles. The van der Waals surface area contributed by atoms with Gasteiger partial charge in [-0.1, -0.05) is 66.7 Å². The fraction of sp³-hybridized carbons (Fsp3) is 0. The van der Waals surface area contributed by atoms with Crippen molar-refractivity contribution >= 4 is 53.9 Å². The molecule has 39 heavy (non-hydrogen) atoms. The molecular formula is C39H25+. The molecule has 0 atom stereocenters. The maximum atomic E-state index is 2.37. The SMILES string of the molecule is c1ccc2cc([C+](c3c4ccccc4cc4ccccc34)c3c4ccccc4cc4ccccc34)ccc2c1. The molecule has 0 aliphatic rings. The van der Waals surface area contributed by atoms with Crippen LogP contribution in [0.15, 0.2) is 152 Å². The molecule has 0 unspecified atom stereocenters. The molecule has 0 bridgehead atoms. The molecule has 8 aromatic carbocycles. The Balaban J connectivity index is 1.60. The van der Waals surface area contributed by atoms with Crippen molar-refractivity contribution in [3.05, 3.63) is 174 Å². The predicted octanol–water partition coefficient (Wildman–Crippen LogP) is 10.5. The van der Waals surface area contributed by atoms with E-state index in [-0.39, 0.29) is 0 Å². The zero-order chi connectivity index (χ0) is 25.8. The molecule has 8 rings (SSSR count). The smallest absolute Gasteiger partial charge is 0.0616 e. The lowest BCUT2D eigenvalue weighted by Gasteiger charge is -2.21. The van der Waals surface area contributed by atoms with E-state index >= 15 is 0 Å². The highest BCUT2D eigenvalue weighted by molar-refractivity contribution is 6.11. The molecular weight excluding hydrogens is 468 g/mol. The lowest BCUT2D eigenvalue weighted by molar-refractivity contribution is 1.30. The molecule has 0 aromatic heterocycles. The number of rotatable bonds is 3. The third-order valence-corrected chi connectivity index (χ3v) is 8.08. The standard InChI is InChI=1S/C39H25/c1-2-12-27-23-32(22-21-26(27)11-1)37(38-33-17-7-3-13-28(33)24-29-14-4-8-18-34(29)38)39-35-19-9-5-15-30(35)25-31-16-6-10-20-36(31)39/h1-25H/q+1. The van der Waals surface area contributed by atoms with Crippen molar-refractivity contribution < 1.29 is 0 Å². The minimum Gasteiger partial charge on any atom is -0.0616 e. The van der Waals surface area contributed by atoms with E-state index in [0.29, 0.717) is 0 Å². The highest BCUT2D eigenvalue weighted by atomic mass is 14.3.